The van der Waals surface area contributed by atoms with E-state index >= 15 is 0 Å². The number of hydrogen-bond acceptors (Lipinski definition) is 5. The molecule has 1 aliphatic heterocycles. The molecule has 0 aliphatic carbocycles. The summed E-state index contributed by atoms with van der Waals surface area (Å²) in [5, 5.41) is 8.77. The van der Waals surface area contributed by atoms with Crippen LogP contribution in [0.25, 0.3) is 0 Å². The molecular weight excluding hydrogens is 302 g/mol. The highest BCUT2D eigenvalue weighted by Gasteiger charge is 2.23. The second-order valence-corrected chi connectivity index (χ2v) is 5.70. The van der Waals surface area contributed by atoms with E-state index in [1.807, 2.05) is 35.2 Å². The summed E-state index contributed by atoms with van der Waals surface area (Å²) in [5.41, 5.74) is 2.28. The lowest BCUT2D eigenvalue weighted by atomic mass is 10.1. The number of hydrogen-bond donors (Lipinski definition) is 0. The van der Waals surface area contributed by atoms with Crippen molar-refractivity contribution in [2.24, 2.45) is 0 Å². The third-order valence-electron chi connectivity index (χ3n) is 4.25. The van der Waals surface area contributed by atoms with Crippen molar-refractivity contribution in [3.05, 3.63) is 53.5 Å². The lowest BCUT2D eigenvalue weighted by Gasteiger charge is -2.35. The van der Waals surface area contributed by atoms with Crippen molar-refractivity contribution in [3.63, 3.8) is 0 Å². The maximum absolute atomic E-state index is 12.6. The molecule has 1 aromatic heterocycles. The standard InChI is InChI=1S/C18H19N5O/c1-2-14-3-5-15(6-4-14)18(24)23-9-7-22(8-10-23)17-13-20-16(11-19)12-21-17/h3-6,12-13H,2,7-10H2,1H3. The molecule has 0 bridgehead atoms. The van der Waals surface area contributed by atoms with Crippen molar-refractivity contribution in [1.82, 2.24) is 14.9 Å². The molecule has 0 radical (unpaired) electrons. The Bertz CT molecular complexity index is 740. The zero-order chi connectivity index (χ0) is 16.9. The van der Waals surface area contributed by atoms with Gasteiger partial charge in [0.15, 0.2) is 5.69 Å². The summed E-state index contributed by atoms with van der Waals surface area (Å²) in [6.45, 7) is 4.81. The molecule has 6 heteroatoms. The molecule has 2 heterocycles. The zero-order valence-electron chi connectivity index (χ0n) is 13.6. The predicted molar refractivity (Wildman–Crippen MR) is 90.7 cm³/mol. The van der Waals surface area contributed by atoms with Crippen molar-refractivity contribution in [1.29, 1.82) is 5.26 Å². The summed E-state index contributed by atoms with van der Waals surface area (Å²) >= 11 is 0. The SMILES string of the molecule is CCc1ccc(C(=O)N2CCN(c3cnc(C#N)cn3)CC2)cc1. The number of piperazine rings is 1. The summed E-state index contributed by atoms with van der Waals surface area (Å²) in [7, 11) is 0. The largest absolute Gasteiger partial charge is 0.352 e. The van der Waals surface area contributed by atoms with Crippen LogP contribution in [0.5, 0.6) is 0 Å². The molecule has 0 spiro atoms. The maximum Gasteiger partial charge on any atom is 0.253 e. The molecule has 0 saturated carbocycles. The number of carbonyl (C=O) groups excluding carboxylic acids is 1. The maximum atomic E-state index is 12.6. The minimum atomic E-state index is 0.0724. The molecule has 1 amide bonds. The van der Waals surface area contributed by atoms with Crippen molar-refractivity contribution in [3.8, 4) is 6.07 Å². The molecular formula is C18H19N5O. The van der Waals surface area contributed by atoms with Crippen molar-refractivity contribution in [2.75, 3.05) is 31.1 Å². The molecule has 1 saturated heterocycles. The fraction of sp³-hybridized carbons (Fsp3) is 0.333. The number of aryl methyl sites for hydroxylation is 1. The van der Waals surface area contributed by atoms with Gasteiger partial charge in [0.1, 0.15) is 11.9 Å². The van der Waals surface area contributed by atoms with Crippen LogP contribution >= 0.6 is 0 Å². The van der Waals surface area contributed by atoms with Crippen LogP contribution in [-0.4, -0.2) is 47.0 Å². The highest BCUT2D eigenvalue weighted by atomic mass is 16.2. The summed E-state index contributed by atoms with van der Waals surface area (Å²) < 4.78 is 0. The van der Waals surface area contributed by atoms with Crippen molar-refractivity contribution in [2.45, 2.75) is 13.3 Å². The third kappa shape index (κ3) is 3.35. The van der Waals surface area contributed by atoms with E-state index in [0.717, 1.165) is 17.8 Å². The first-order valence-corrected chi connectivity index (χ1v) is 8.06. The highest BCUT2D eigenvalue weighted by molar-refractivity contribution is 5.94. The number of carbonyl (C=O) groups is 1. The minimum Gasteiger partial charge on any atom is -0.352 e. The average Bonchev–Trinajstić information content (AvgIpc) is 2.68. The first kappa shape index (κ1) is 15.9. The number of aromatic nitrogens is 2. The van der Waals surface area contributed by atoms with Gasteiger partial charge in [-0.3, -0.25) is 4.79 Å². The van der Waals surface area contributed by atoms with Crippen LogP contribution in [-0.2, 0) is 6.42 Å². The van der Waals surface area contributed by atoms with Gasteiger partial charge in [-0.2, -0.15) is 5.26 Å². The minimum absolute atomic E-state index is 0.0724. The molecule has 0 unspecified atom stereocenters. The van der Waals surface area contributed by atoms with E-state index < -0.39 is 0 Å². The molecule has 122 valence electrons. The Hall–Kier alpha value is -2.94. The second kappa shape index (κ2) is 7.09. The van der Waals surface area contributed by atoms with Crippen LogP contribution in [0.3, 0.4) is 0 Å². The Morgan fingerprint density at radius 1 is 1.12 bits per heavy atom. The highest BCUT2D eigenvalue weighted by Crippen LogP contribution is 2.15. The topological polar surface area (TPSA) is 73.1 Å². The van der Waals surface area contributed by atoms with E-state index in [0.29, 0.717) is 31.9 Å². The fourth-order valence-electron chi connectivity index (χ4n) is 2.75. The first-order chi connectivity index (χ1) is 11.7. The summed E-state index contributed by atoms with van der Waals surface area (Å²) in [6.07, 6.45) is 4.06. The van der Waals surface area contributed by atoms with E-state index in [1.165, 1.54) is 11.8 Å². The number of amides is 1. The molecule has 1 aliphatic rings. The van der Waals surface area contributed by atoms with E-state index in [4.69, 9.17) is 5.26 Å². The Morgan fingerprint density at radius 3 is 2.38 bits per heavy atom. The third-order valence-corrected chi connectivity index (χ3v) is 4.25. The molecule has 0 atom stereocenters. The van der Waals surface area contributed by atoms with Crippen LogP contribution in [0.2, 0.25) is 0 Å². The molecule has 2 aromatic rings. The quantitative estimate of drug-likeness (QED) is 0.863. The fourth-order valence-corrected chi connectivity index (χ4v) is 2.75. The molecule has 24 heavy (non-hydrogen) atoms. The van der Waals surface area contributed by atoms with Gasteiger partial charge in [0.25, 0.3) is 5.91 Å². The summed E-state index contributed by atoms with van der Waals surface area (Å²) in [6, 6.07) is 9.78. The van der Waals surface area contributed by atoms with Crippen molar-refractivity contribution >= 4 is 11.7 Å². The molecule has 1 fully saturated rings. The summed E-state index contributed by atoms with van der Waals surface area (Å²) in [5.74, 6) is 0.816. The van der Waals surface area contributed by atoms with E-state index in [1.54, 1.807) is 6.20 Å². The van der Waals surface area contributed by atoms with Gasteiger partial charge in [-0.25, -0.2) is 9.97 Å². The van der Waals surface area contributed by atoms with E-state index in [2.05, 4.69) is 21.8 Å². The Labute approximate surface area is 141 Å². The van der Waals surface area contributed by atoms with Crippen LogP contribution in [0.1, 0.15) is 28.5 Å². The number of anilines is 1. The average molecular weight is 321 g/mol. The van der Waals surface area contributed by atoms with Gasteiger partial charge in [0, 0.05) is 31.7 Å². The van der Waals surface area contributed by atoms with Gasteiger partial charge in [-0.05, 0) is 24.1 Å². The van der Waals surface area contributed by atoms with Gasteiger partial charge < -0.3 is 9.80 Å². The number of rotatable bonds is 3. The van der Waals surface area contributed by atoms with Gasteiger partial charge in [-0.15, -0.1) is 0 Å². The molecule has 6 nitrogen and oxygen atoms in total. The normalized spacial score (nSPS) is 14.3. The monoisotopic (exact) mass is 321 g/mol. The molecule has 3 rings (SSSR count). The Kier molecular flexibility index (Phi) is 4.71. The number of benzene rings is 1. The van der Waals surface area contributed by atoms with Gasteiger partial charge in [-0.1, -0.05) is 19.1 Å². The lowest BCUT2D eigenvalue weighted by molar-refractivity contribution is 0.0746. The van der Waals surface area contributed by atoms with Gasteiger partial charge in [0.05, 0.1) is 12.4 Å². The predicted octanol–water partition coefficient (Wildman–Crippen LogP) is 1.87. The van der Waals surface area contributed by atoms with Gasteiger partial charge in [0.2, 0.25) is 0 Å². The lowest BCUT2D eigenvalue weighted by Crippen LogP contribution is -2.49. The van der Waals surface area contributed by atoms with E-state index in [9.17, 15) is 4.79 Å². The van der Waals surface area contributed by atoms with Crippen LogP contribution in [0.15, 0.2) is 36.7 Å². The van der Waals surface area contributed by atoms with Crippen LogP contribution in [0, 0.1) is 11.3 Å². The van der Waals surface area contributed by atoms with Crippen molar-refractivity contribution < 1.29 is 4.79 Å². The zero-order valence-corrected chi connectivity index (χ0v) is 13.6. The van der Waals surface area contributed by atoms with Gasteiger partial charge >= 0.3 is 0 Å². The summed E-state index contributed by atoms with van der Waals surface area (Å²) in [4.78, 5) is 24.8. The molecule has 0 N–H and O–H groups in total. The smallest absolute Gasteiger partial charge is 0.253 e. The van der Waals surface area contributed by atoms with Crippen LogP contribution in [0.4, 0.5) is 5.82 Å². The number of nitriles is 1. The first-order valence-electron chi connectivity index (χ1n) is 8.06. The Morgan fingerprint density at radius 2 is 1.83 bits per heavy atom. The second-order valence-electron chi connectivity index (χ2n) is 5.70. The molecule has 1 aromatic carbocycles. The number of nitrogens with zero attached hydrogens (tertiary/aromatic N) is 5. The van der Waals surface area contributed by atoms with Crippen LogP contribution < -0.4 is 4.90 Å². The Balaban J connectivity index is 1.61. The van der Waals surface area contributed by atoms with E-state index in [-0.39, 0.29) is 5.91 Å².